The summed E-state index contributed by atoms with van der Waals surface area (Å²) in [6, 6.07) is 5.56. The molecule has 7 heteroatoms. The van der Waals surface area contributed by atoms with E-state index in [0.717, 1.165) is 12.2 Å². The number of ether oxygens (including phenoxy) is 1. The standard InChI is InChI=1S/C17H26N4O3/c1-13(22)21-7-5-17(23,6-8-21)12-20-9-10-24-15(11-20)14-3-2-4-16(18)19-14/h2-4,15,23H,5-12H2,1H3,(H2,18,19)/t15-/m0/s1. The van der Waals surface area contributed by atoms with Crippen LogP contribution in [0.5, 0.6) is 0 Å². The third-order valence-corrected chi connectivity index (χ3v) is 4.93. The van der Waals surface area contributed by atoms with Crippen molar-refractivity contribution < 1.29 is 14.6 Å². The van der Waals surface area contributed by atoms with Crippen LogP contribution in [-0.4, -0.2) is 70.7 Å². The molecule has 2 aliphatic rings. The second kappa shape index (κ2) is 7.04. The highest BCUT2D eigenvalue weighted by Crippen LogP contribution is 2.27. The van der Waals surface area contributed by atoms with Crippen molar-refractivity contribution in [2.45, 2.75) is 31.5 Å². The zero-order valence-corrected chi connectivity index (χ0v) is 14.1. The Hall–Kier alpha value is -1.70. The van der Waals surface area contributed by atoms with Crippen LogP contribution in [0.3, 0.4) is 0 Å². The van der Waals surface area contributed by atoms with Gasteiger partial charge in [-0.2, -0.15) is 0 Å². The van der Waals surface area contributed by atoms with E-state index < -0.39 is 5.60 Å². The number of pyridine rings is 1. The Morgan fingerprint density at radius 2 is 2.17 bits per heavy atom. The lowest BCUT2D eigenvalue weighted by molar-refractivity contribution is -0.134. The van der Waals surface area contributed by atoms with E-state index in [4.69, 9.17) is 10.5 Å². The van der Waals surface area contributed by atoms with Crippen LogP contribution in [-0.2, 0) is 9.53 Å². The fourth-order valence-corrected chi connectivity index (χ4v) is 3.49. The zero-order valence-electron chi connectivity index (χ0n) is 14.1. The van der Waals surface area contributed by atoms with Gasteiger partial charge in [-0.1, -0.05) is 6.07 Å². The molecule has 3 heterocycles. The Labute approximate surface area is 142 Å². The van der Waals surface area contributed by atoms with E-state index in [2.05, 4.69) is 9.88 Å². The predicted octanol–water partition coefficient (Wildman–Crippen LogP) is 0.411. The van der Waals surface area contributed by atoms with E-state index in [1.54, 1.807) is 17.9 Å². The van der Waals surface area contributed by atoms with Gasteiger partial charge >= 0.3 is 0 Å². The normalized spacial score (nSPS) is 24.8. The summed E-state index contributed by atoms with van der Waals surface area (Å²) in [5, 5.41) is 10.9. The molecule has 132 valence electrons. The molecule has 0 bridgehead atoms. The van der Waals surface area contributed by atoms with Crippen molar-refractivity contribution in [1.29, 1.82) is 0 Å². The lowest BCUT2D eigenvalue weighted by Crippen LogP contribution is -2.53. The molecule has 0 radical (unpaired) electrons. The third kappa shape index (κ3) is 4.03. The molecule has 2 fully saturated rings. The quantitative estimate of drug-likeness (QED) is 0.832. The van der Waals surface area contributed by atoms with E-state index in [1.165, 1.54) is 0 Å². The minimum Gasteiger partial charge on any atom is -0.388 e. The number of hydrogen-bond donors (Lipinski definition) is 2. The Kier molecular flexibility index (Phi) is 5.03. The van der Waals surface area contributed by atoms with Gasteiger partial charge in [0.1, 0.15) is 11.9 Å². The van der Waals surface area contributed by atoms with E-state index in [1.807, 2.05) is 12.1 Å². The maximum atomic E-state index is 11.4. The van der Waals surface area contributed by atoms with Crippen molar-refractivity contribution in [1.82, 2.24) is 14.8 Å². The number of nitrogen functional groups attached to an aromatic ring is 1. The molecule has 24 heavy (non-hydrogen) atoms. The number of rotatable bonds is 3. The van der Waals surface area contributed by atoms with Gasteiger partial charge < -0.3 is 20.5 Å². The number of carbonyl (C=O) groups excluding carboxylic acids is 1. The smallest absolute Gasteiger partial charge is 0.219 e. The summed E-state index contributed by atoms with van der Waals surface area (Å²) >= 11 is 0. The first kappa shape index (κ1) is 17.1. The number of nitrogens with zero attached hydrogens (tertiary/aromatic N) is 3. The number of hydrogen-bond acceptors (Lipinski definition) is 6. The Balaban J connectivity index is 1.58. The second-order valence-electron chi connectivity index (χ2n) is 6.81. The van der Waals surface area contributed by atoms with Crippen LogP contribution in [0.1, 0.15) is 31.6 Å². The van der Waals surface area contributed by atoms with Crippen molar-refractivity contribution in [2.75, 3.05) is 45.1 Å². The van der Waals surface area contributed by atoms with Gasteiger partial charge in [0.05, 0.1) is 17.9 Å². The summed E-state index contributed by atoms with van der Waals surface area (Å²) in [6.07, 6.45) is 1.11. The third-order valence-electron chi connectivity index (χ3n) is 4.93. The number of amides is 1. The Morgan fingerprint density at radius 1 is 1.42 bits per heavy atom. The minimum atomic E-state index is -0.739. The molecule has 2 saturated heterocycles. The molecular formula is C17H26N4O3. The number of aromatic nitrogens is 1. The van der Waals surface area contributed by atoms with E-state index in [0.29, 0.717) is 51.4 Å². The fourth-order valence-electron chi connectivity index (χ4n) is 3.49. The number of piperidine rings is 1. The van der Waals surface area contributed by atoms with Gasteiger partial charge in [-0.3, -0.25) is 9.69 Å². The van der Waals surface area contributed by atoms with Crippen LogP contribution < -0.4 is 5.73 Å². The van der Waals surface area contributed by atoms with Crippen LogP contribution >= 0.6 is 0 Å². The molecule has 0 aliphatic carbocycles. The highest BCUT2D eigenvalue weighted by atomic mass is 16.5. The molecule has 0 aromatic carbocycles. The number of nitrogens with two attached hydrogens (primary N) is 1. The van der Waals surface area contributed by atoms with Crippen molar-refractivity contribution in [3.63, 3.8) is 0 Å². The Morgan fingerprint density at radius 3 is 2.83 bits per heavy atom. The number of β-amino-alcohol motifs (C(OH)–C–C–N with tert-alkyl or cyclic N) is 1. The lowest BCUT2D eigenvalue weighted by Gasteiger charge is -2.42. The molecule has 1 aromatic heterocycles. The first-order chi connectivity index (χ1) is 11.5. The number of aliphatic hydroxyl groups is 1. The minimum absolute atomic E-state index is 0.0798. The van der Waals surface area contributed by atoms with Crippen molar-refractivity contribution in [2.24, 2.45) is 0 Å². The second-order valence-corrected chi connectivity index (χ2v) is 6.81. The van der Waals surface area contributed by atoms with Gasteiger partial charge in [-0.25, -0.2) is 4.98 Å². The van der Waals surface area contributed by atoms with Crippen molar-refractivity contribution in [3.05, 3.63) is 23.9 Å². The monoisotopic (exact) mass is 334 g/mol. The molecule has 1 amide bonds. The molecule has 1 atom stereocenters. The SMILES string of the molecule is CC(=O)N1CCC(O)(CN2CCO[C@H](c3cccc(N)n3)C2)CC1. The number of likely N-dealkylation sites (tertiary alicyclic amines) is 1. The molecule has 7 nitrogen and oxygen atoms in total. The van der Waals surface area contributed by atoms with Crippen molar-refractivity contribution in [3.8, 4) is 0 Å². The summed E-state index contributed by atoms with van der Waals surface area (Å²) in [7, 11) is 0. The van der Waals surface area contributed by atoms with Crippen LogP contribution in [0.4, 0.5) is 5.82 Å². The highest BCUT2D eigenvalue weighted by molar-refractivity contribution is 5.73. The van der Waals surface area contributed by atoms with Crippen LogP contribution in [0.25, 0.3) is 0 Å². The van der Waals surface area contributed by atoms with Crippen LogP contribution in [0, 0.1) is 0 Å². The maximum Gasteiger partial charge on any atom is 0.219 e. The van der Waals surface area contributed by atoms with E-state index in [-0.39, 0.29) is 12.0 Å². The first-order valence-corrected chi connectivity index (χ1v) is 8.49. The summed E-state index contributed by atoms with van der Waals surface area (Å²) in [6.45, 7) is 5.51. The molecule has 0 spiro atoms. The zero-order chi connectivity index (χ0) is 17.2. The molecular weight excluding hydrogens is 308 g/mol. The molecule has 0 saturated carbocycles. The summed E-state index contributed by atoms with van der Waals surface area (Å²) < 4.78 is 5.83. The summed E-state index contributed by atoms with van der Waals surface area (Å²) in [5.41, 5.74) is 5.85. The van der Waals surface area contributed by atoms with Crippen molar-refractivity contribution >= 4 is 11.7 Å². The van der Waals surface area contributed by atoms with Gasteiger partial charge in [0.15, 0.2) is 0 Å². The molecule has 3 N–H and O–H groups in total. The number of carbonyl (C=O) groups is 1. The Bertz CT molecular complexity index is 587. The topological polar surface area (TPSA) is 91.9 Å². The number of anilines is 1. The molecule has 3 rings (SSSR count). The predicted molar refractivity (Wildman–Crippen MR) is 90.2 cm³/mol. The average molecular weight is 334 g/mol. The van der Waals surface area contributed by atoms with E-state index >= 15 is 0 Å². The fraction of sp³-hybridized carbons (Fsp3) is 0.647. The highest BCUT2D eigenvalue weighted by Gasteiger charge is 2.36. The van der Waals surface area contributed by atoms with Gasteiger partial charge in [-0.05, 0) is 25.0 Å². The van der Waals surface area contributed by atoms with Crippen LogP contribution in [0.15, 0.2) is 18.2 Å². The average Bonchev–Trinajstić information content (AvgIpc) is 2.55. The van der Waals surface area contributed by atoms with Gasteiger partial charge in [-0.15, -0.1) is 0 Å². The van der Waals surface area contributed by atoms with Gasteiger partial charge in [0.2, 0.25) is 5.91 Å². The summed E-state index contributed by atoms with van der Waals surface area (Å²) in [4.78, 5) is 19.8. The summed E-state index contributed by atoms with van der Waals surface area (Å²) in [5.74, 6) is 0.569. The van der Waals surface area contributed by atoms with Crippen LogP contribution in [0.2, 0.25) is 0 Å². The molecule has 1 aromatic rings. The van der Waals surface area contributed by atoms with Gasteiger partial charge in [0.25, 0.3) is 0 Å². The van der Waals surface area contributed by atoms with E-state index in [9.17, 15) is 9.90 Å². The largest absolute Gasteiger partial charge is 0.388 e. The lowest BCUT2D eigenvalue weighted by atomic mass is 9.90. The first-order valence-electron chi connectivity index (χ1n) is 8.49. The molecule has 2 aliphatic heterocycles. The maximum absolute atomic E-state index is 11.4. The number of morpholine rings is 1. The van der Waals surface area contributed by atoms with Gasteiger partial charge in [0, 0.05) is 39.6 Å². The molecule has 0 unspecified atom stereocenters.